The van der Waals surface area contributed by atoms with Crippen LogP contribution in [0.4, 0.5) is 11.6 Å². The maximum absolute atomic E-state index is 12.2. The van der Waals surface area contributed by atoms with Gasteiger partial charge in [0.15, 0.2) is 16.0 Å². The molecule has 9 nitrogen and oxygen atoms in total. The van der Waals surface area contributed by atoms with Crippen LogP contribution in [-0.2, 0) is 11.3 Å². The number of rotatable bonds is 5. The number of carbonyl (C=O) groups is 1. The van der Waals surface area contributed by atoms with E-state index < -0.39 is 0 Å². The van der Waals surface area contributed by atoms with E-state index in [0.717, 1.165) is 38.8 Å². The number of amides is 1. The number of hydrogen-bond acceptors (Lipinski definition) is 6. The van der Waals surface area contributed by atoms with E-state index in [1.165, 1.54) is 0 Å². The molecule has 0 spiro atoms. The van der Waals surface area contributed by atoms with Crippen LogP contribution in [-0.4, -0.2) is 53.4 Å². The van der Waals surface area contributed by atoms with Crippen LogP contribution in [0.3, 0.4) is 0 Å². The van der Waals surface area contributed by atoms with Crippen LogP contribution in [0.1, 0.15) is 38.6 Å². The van der Waals surface area contributed by atoms with Crippen molar-refractivity contribution in [3.8, 4) is 0 Å². The molecule has 2 fully saturated rings. The Balaban J connectivity index is 1.30. The predicted octanol–water partition coefficient (Wildman–Crippen LogP) is 3.67. The van der Waals surface area contributed by atoms with Gasteiger partial charge in [-0.05, 0) is 32.6 Å². The molecule has 4 heterocycles. The van der Waals surface area contributed by atoms with Crippen molar-refractivity contribution in [1.29, 1.82) is 0 Å². The largest absolute Gasteiger partial charge is 0.342 e. The van der Waals surface area contributed by atoms with Gasteiger partial charge in [-0.15, -0.1) is 0 Å². The SMILES string of the molecule is CCn1nc(Cl)c2cnc(Nc3cn(C4CCN(C(=O)C5CC5)CC4)nc3Cl)nc21. The van der Waals surface area contributed by atoms with Crippen molar-refractivity contribution in [1.82, 2.24) is 34.4 Å². The maximum Gasteiger partial charge on any atom is 0.229 e. The van der Waals surface area contributed by atoms with E-state index in [-0.39, 0.29) is 12.0 Å². The summed E-state index contributed by atoms with van der Waals surface area (Å²) in [6.45, 7) is 4.16. The minimum atomic E-state index is 0.213. The van der Waals surface area contributed by atoms with Gasteiger partial charge in [0, 0.05) is 31.7 Å². The Morgan fingerprint density at radius 2 is 1.93 bits per heavy atom. The number of nitrogens with one attached hydrogen (secondary N) is 1. The number of halogens is 2. The molecule has 1 aliphatic heterocycles. The van der Waals surface area contributed by atoms with Crippen molar-refractivity contribution in [2.75, 3.05) is 18.4 Å². The summed E-state index contributed by atoms with van der Waals surface area (Å²) in [6.07, 6.45) is 7.35. The Hall–Kier alpha value is -2.39. The van der Waals surface area contributed by atoms with Crippen LogP contribution in [0.15, 0.2) is 12.4 Å². The van der Waals surface area contributed by atoms with Crippen LogP contribution in [0.5, 0.6) is 0 Å². The van der Waals surface area contributed by atoms with Gasteiger partial charge < -0.3 is 10.2 Å². The van der Waals surface area contributed by atoms with Crippen LogP contribution < -0.4 is 5.32 Å². The topological polar surface area (TPSA) is 93.8 Å². The summed E-state index contributed by atoms with van der Waals surface area (Å²) in [4.78, 5) is 23.1. The van der Waals surface area contributed by atoms with E-state index >= 15 is 0 Å². The van der Waals surface area contributed by atoms with Crippen molar-refractivity contribution in [3.63, 3.8) is 0 Å². The summed E-state index contributed by atoms with van der Waals surface area (Å²) >= 11 is 12.5. The second-order valence-electron chi connectivity index (χ2n) is 7.81. The van der Waals surface area contributed by atoms with E-state index in [4.69, 9.17) is 23.2 Å². The van der Waals surface area contributed by atoms with Gasteiger partial charge in [-0.3, -0.25) is 9.48 Å². The number of aryl methyl sites for hydroxylation is 1. The Morgan fingerprint density at radius 1 is 1.17 bits per heavy atom. The standard InChI is InChI=1S/C19H22Cl2N8O/c1-2-28-17-13(15(20)25-28)9-22-19(24-17)23-14-10-29(26-16(14)21)12-5-7-27(8-6-12)18(30)11-3-4-11/h9-12H,2-8H2,1H3,(H,22,23,24). The first-order valence-electron chi connectivity index (χ1n) is 10.2. The monoisotopic (exact) mass is 448 g/mol. The summed E-state index contributed by atoms with van der Waals surface area (Å²) in [5.74, 6) is 0.987. The molecule has 158 valence electrons. The molecule has 1 N–H and O–H groups in total. The highest BCUT2D eigenvalue weighted by Crippen LogP contribution is 2.34. The van der Waals surface area contributed by atoms with E-state index in [2.05, 4.69) is 25.5 Å². The number of fused-ring (bicyclic) bond motifs is 1. The number of nitrogens with zero attached hydrogens (tertiary/aromatic N) is 7. The highest BCUT2D eigenvalue weighted by atomic mass is 35.5. The zero-order valence-electron chi connectivity index (χ0n) is 16.6. The van der Waals surface area contributed by atoms with Crippen molar-refractivity contribution in [3.05, 3.63) is 22.7 Å². The van der Waals surface area contributed by atoms with E-state index in [1.807, 2.05) is 22.7 Å². The molecule has 1 saturated carbocycles. The van der Waals surface area contributed by atoms with E-state index in [0.29, 0.717) is 45.4 Å². The Bertz CT molecular complexity index is 1100. The third-order valence-corrected chi connectivity index (χ3v) is 6.31. The molecule has 11 heteroatoms. The lowest BCUT2D eigenvalue weighted by atomic mass is 10.0. The van der Waals surface area contributed by atoms with Crippen LogP contribution in [0.25, 0.3) is 11.0 Å². The first kappa shape index (κ1) is 19.6. The summed E-state index contributed by atoms with van der Waals surface area (Å²) < 4.78 is 3.61. The highest BCUT2D eigenvalue weighted by molar-refractivity contribution is 6.34. The predicted molar refractivity (Wildman–Crippen MR) is 114 cm³/mol. The normalized spacial score (nSPS) is 17.6. The molecule has 30 heavy (non-hydrogen) atoms. The second kappa shape index (κ2) is 7.70. The number of aromatic nitrogens is 6. The molecule has 5 rings (SSSR count). The number of anilines is 2. The molecule has 0 unspecified atom stereocenters. The highest BCUT2D eigenvalue weighted by Gasteiger charge is 2.35. The summed E-state index contributed by atoms with van der Waals surface area (Å²) in [7, 11) is 0. The van der Waals surface area contributed by atoms with Gasteiger partial charge in [0.2, 0.25) is 11.9 Å². The maximum atomic E-state index is 12.2. The van der Waals surface area contributed by atoms with Crippen LogP contribution in [0.2, 0.25) is 10.3 Å². The average molecular weight is 449 g/mol. The van der Waals surface area contributed by atoms with Gasteiger partial charge in [0.25, 0.3) is 0 Å². The average Bonchev–Trinajstić information content (AvgIpc) is 3.48. The van der Waals surface area contributed by atoms with Crippen molar-refractivity contribution >= 4 is 51.8 Å². The number of likely N-dealkylation sites (tertiary alicyclic amines) is 1. The number of hydrogen-bond donors (Lipinski definition) is 1. The van der Waals surface area contributed by atoms with Gasteiger partial charge in [-0.1, -0.05) is 23.2 Å². The van der Waals surface area contributed by atoms with Gasteiger partial charge in [-0.25, -0.2) is 9.67 Å². The van der Waals surface area contributed by atoms with Crippen molar-refractivity contribution in [2.45, 2.75) is 45.2 Å². The molecule has 1 aliphatic carbocycles. The molecule has 1 amide bonds. The molecular formula is C19H22Cl2N8O. The lowest BCUT2D eigenvalue weighted by Crippen LogP contribution is -2.39. The van der Waals surface area contributed by atoms with Gasteiger partial charge in [-0.2, -0.15) is 15.2 Å². The molecule has 0 atom stereocenters. The first-order chi connectivity index (χ1) is 14.5. The lowest BCUT2D eigenvalue weighted by molar-refractivity contribution is -0.133. The molecule has 3 aromatic heterocycles. The third-order valence-electron chi connectivity index (χ3n) is 5.75. The zero-order valence-corrected chi connectivity index (χ0v) is 18.1. The Morgan fingerprint density at radius 3 is 2.63 bits per heavy atom. The number of piperidine rings is 1. The van der Waals surface area contributed by atoms with Crippen LogP contribution >= 0.6 is 23.2 Å². The fourth-order valence-corrected chi connectivity index (χ4v) is 4.31. The van der Waals surface area contributed by atoms with Gasteiger partial charge in [0.1, 0.15) is 0 Å². The fraction of sp³-hybridized carbons (Fsp3) is 0.526. The minimum Gasteiger partial charge on any atom is -0.342 e. The second-order valence-corrected chi connectivity index (χ2v) is 8.52. The quantitative estimate of drug-likeness (QED) is 0.639. The summed E-state index contributed by atoms with van der Waals surface area (Å²) in [6, 6.07) is 0.213. The molecule has 0 radical (unpaired) electrons. The van der Waals surface area contributed by atoms with Gasteiger partial charge >= 0.3 is 0 Å². The first-order valence-corrected chi connectivity index (χ1v) is 11.0. The molecule has 0 bridgehead atoms. The number of carbonyl (C=O) groups excluding carboxylic acids is 1. The van der Waals surface area contributed by atoms with Crippen LogP contribution in [0, 0.1) is 5.92 Å². The molecular weight excluding hydrogens is 427 g/mol. The molecule has 3 aromatic rings. The smallest absolute Gasteiger partial charge is 0.229 e. The lowest BCUT2D eigenvalue weighted by Gasteiger charge is -2.32. The Labute approximate surface area is 183 Å². The van der Waals surface area contributed by atoms with E-state index in [1.54, 1.807) is 10.9 Å². The Kier molecular flexibility index (Phi) is 5.02. The fourth-order valence-electron chi connectivity index (χ4n) is 3.90. The van der Waals surface area contributed by atoms with Crippen molar-refractivity contribution < 1.29 is 4.79 Å². The zero-order chi connectivity index (χ0) is 20.8. The van der Waals surface area contributed by atoms with Crippen molar-refractivity contribution in [2.24, 2.45) is 5.92 Å². The molecule has 1 saturated heterocycles. The summed E-state index contributed by atoms with van der Waals surface area (Å²) in [5.41, 5.74) is 1.30. The van der Waals surface area contributed by atoms with Gasteiger partial charge in [0.05, 0.1) is 23.3 Å². The third kappa shape index (κ3) is 3.60. The summed E-state index contributed by atoms with van der Waals surface area (Å²) in [5, 5.41) is 13.3. The van der Waals surface area contributed by atoms with E-state index in [9.17, 15) is 4.79 Å². The molecule has 2 aliphatic rings. The molecule has 0 aromatic carbocycles. The minimum absolute atomic E-state index is 0.213.